The van der Waals surface area contributed by atoms with E-state index in [4.69, 9.17) is 9.90 Å². The molecule has 26 heavy (non-hydrogen) atoms. The summed E-state index contributed by atoms with van der Waals surface area (Å²) in [5.41, 5.74) is 0.189. The molecule has 1 N–H and O–H groups in total. The summed E-state index contributed by atoms with van der Waals surface area (Å²) in [7, 11) is 1.53. The first-order valence-electron chi connectivity index (χ1n) is 7.52. The summed E-state index contributed by atoms with van der Waals surface area (Å²) in [6, 6.07) is 4.17. The van der Waals surface area contributed by atoms with Gasteiger partial charge in [0.2, 0.25) is 11.8 Å². The van der Waals surface area contributed by atoms with Crippen molar-refractivity contribution in [2.24, 2.45) is 0 Å². The van der Waals surface area contributed by atoms with Crippen LogP contribution in [-0.4, -0.2) is 58.7 Å². The minimum atomic E-state index is -4.82. The van der Waals surface area contributed by atoms with Crippen molar-refractivity contribution in [2.75, 3.05) is 7.05 Å². The third kappa shape index (κ3) is 5.11. The molecule has 2 amide bonds. The molecule has 0 radical (unpaired) electrons. The zero-order valence-corrected chi connectivity index (χ0v) is 14.4. The number of piperazine rings is 1. The second kappa shape index (κ2) is 8.54. The quantitative estimate of drug-likeness (QED) is 0.814. The maximum absolute atomic E-state index is 12.5. The highest BCUT2D eigenvalue weighted by Gasteiger charge is 2.40. The summed E-state index contributed by atoms with van der Waals surface area (Å²) >= 11 is 0. The smallest absolute Gasteiger partial charge is 0.483 e. The number of hydrogen-bond acceptors (Lipinski definition) is 4. The van der Waals surface area contributed by atoms with Gasteiger partial charge in [-0.25, -0.2) is 0 Å². The van der Waals surface area contributed by atoms with Gasteiger partial charge < -0.3 is 19.6 Å². The number of amides is 2. The zero-order chi connectivity index (χ0) is 20.1. The number of rotatable bonds is 3. The predicted octanol–water partition coefficient (Wildman–Crippen LogP) is 1.86. The Bertz CT molecular complexity index is 666. The lowest BCUT2D eigenvalue weighted by Crippen LogP contribution is -2.61. The molecule has 0 spiro atoms. The maximum Gasteiger partial charge on any atom is 0.573 e. The Hall–Kier alpha value is -2.78. The summed E-state index contributed by atoms with van der Waals surface area (Å²) in [6.45, 7) is 2.75. The van der Waals surface area contributed by atoms with Crippen molar-refractivity contribution in [2.45, 2.75) is 38.8 Å². The number of carboxylic acid groups (broad SMARTS) is 1. The van der Waals surface area contributed by atoms with Crippen LogP contribution in [0.2, 0.25) is 0 Å². The summed E-state index contributed by atoms with van der Waals surface area (Å²) in [4.78, 5) is 35.4. The predicted molar refractivity (Wildman–Crippen MR) is 84.1 cm³/mol. The molecule has 144 valence electrons. The molecule has 7 nitrogen and oxygen atoms in total. The molecule has 0 aromatic heterocycles. The van der Waals surface area contributed by atoms with Gasteiger partial charge in [-0.2, -0.15) is 0 Å². The Kier molecular flexibility index (Phi) is 6.99. The summed E-state index contributed by atoms with van der Waals surface area (Å²) in [5.74, 6) is -0.952. The van der Waals surface area contributed by atoms with E-state index in [0.29, 0.717) is 0 Å². The second-order valence-electron chi connectivity index (χ2n) is 5.53. The van der Waals surface area contributed by atoms with Gasteiger partial charge in [0.15, 0.2) is 0 Å². The minimum absolute atomic E-state index is 0.129. The van der Waals surface area contributed by atoms with Crippen LogP contribution in [0.5, 0.6) is 5.75 Å². The van der Waals surface area contributed by atoms with Gasteiger partial charge in [-0.15, -0.1) is 13.2 Å². The number of nitrogens with zero attached hydrogens (tertiary/aromatic N) is 2. The fourth-order valence-electron chi connectivity index (χ4n) is 2.47. The third-order valence-corrected chi connectivity index (χ3v) is 3.93. The standard InChI is InChI=1S/C15H17F3N2O3.CH2O2/c1-9-14(22)20(10(2)13(21)19(9)3)8-11-6-4-5-7-12(11)23-15(16,17)18;2-1-3/h4-7,9-10H,8H2,1-3H3;1H,(H,2,3)/t9-,10-;/m0./s1. The molecular weight excluding hydrogens is 357 g/mol. The molecule has 1 aromatic carbocycles. The number of alkyl halides is 3. The van der Waals surface area contributed by atoms with E-state index < -0.39 is 18.4 Å². The number of halogens is 3. The van der Waals surface area contributed by atoms with Gasteiger partial charge in [-0.05, 0) is 19.9 Å². The molecule has 0 unspecified atom stereocenters. The first-order valence-corrected chi connectivity index (χ1v) is 7.52. The first kappa shape index (κ1) is 21.3. The third-order valence-electron chi connectivity index (χ3n) is 3.93. The molecule has 1 aromatic rings. The van der Waals surface area contributed by atoms with Crippen LogP contribution < -0.4 is 4.74 Å². The van der Waals surface area contributed by atoms with E-state index >= 15 is 0 Å². The van der Waals surface area contributed by atoms with Crippen LogP contribution in [0.25, 0.3) is 0 Å². The van der Waals surface area contributed by atoms with E-state index in [1.54, 1.807) is 19.9 Å². The van der Waals surface area contributed by atoms with Gasteiger partial charge in [0.05, 0.1) is 6.54 Å². The molecule has 1 saturated heterocycles. The van der Waals surface area contributed by atoms with Crippen LogP contribution in [0.4, 0.5) is 13.2 Å². The van der Waals surface area contributed by atoms with Crippen LogP contribution in [0.15, 0.2) is 24.3 Å². The lowest BCUT2D eigenvalue weighted by atomic mass is 10.1. The largest absolute Gasteiger partial charge is 0.573 e. The van der Waals surface area contributed by atoms with Crippen LogP contribution in [-0.2, 0) is 20.9 Å². The van der Waals surface area contributed by atoms with Crippen LogP contribution in [0.3, 0.4) is 0 Å². The Morgan fingerprint density at radius 1 is 1.15 bits per heavy atom. The first-order chi connectivity index (χ1) is 12.0. The van der Waals surface area contributed by atoms with Crippen molar-refractivity contribution in [1.82, 2.24) is 9.80 Å². The van der Waals surface area contributed by atoms with Crippen molar-refractivity contribution >= 4 is 18.3 Å². The van der Waals surface area contributed by atoms with E-state index in [1.165, 1.54) is 35.0 Å². The van der Waals surface area contributed by atoms with Crippen LogP contribution >= 0.6 is 0 Å². The normalized spacial score (nSPS) is 20.4. The van der Waals surface area contributed by atoms with Crippen LogP contribution in [0, 0.1) is 0 Å². The van der Waals surface area contributed by atoms with E-state index in [-0.39, 0.29) is 36.1 Å². The lowest BCUT2D eigenvalue weighted by molar-refractivity contribution is -0.275. The molecule has 1 fully saturated rings. The second-order valence-corrected chi connectivity index (χ2v) is 5.53. The SMILES string of the molecule is C[C@H]1C(=O)N(Cc2ccccc2OC(F)(F)F)[C@@H](C)C(=O)N1C.O=CO. The highest BCUT2D eigenvalue weighted by molar-refractivity contribution is 5.96. The van der Waals surface area contributed by atoms with E-state index in [0.717, 1.165) is 0 Å². The molecule has 2 atom stereocenters. The van der Waals surface area contributed by atoms with Gasteiger partial charge in [-0.1, -0.05) is 18.2 Å². The van der Waals surface area contributed by atoms with Gasteiger partial charge >= 0.3 is 6.36 Å². The van der Waals surface area contributed by atoms with Crippen molar-refractivity contribution in [3.05, 3.63) is 29.8 Å². The molecule has 1 aliphatic heterocycles. The summed E-state index contributed by atoms with van der Waals surface area (Å²) in [6.07, 6.45) is -4.82. The Morgan fingerprint density at radius 3 is 2.23 bits per heavy atom. The highest BCUT2D eigenvalue weighted by Crippen LogP contribution is 2.29. The van der Waals surface area contributed by atoms with Crippen molar-refractivity contribution in [1.29, 1.82) is 0 Å². The van der Waals surface area contributed by atoms with E-state index in [1.807, 2.05) is 0 Å². The average Bonchev–Trinajstić information content (AvgIpc) is 2.56. The highest BCUT2D eigenvalue weighted by atomic mass is 19.4. The van der Waals surface area contributed by atoms with Gasteiger partial charge in [0, 0.05) is 12.6 Å². The van der Waals surface area contributed by atoms with E-state index in [9.17, 15) is 22.8 Å². The van der Waals surface area contributed by atoms with Crippen molar-refractivity contribution in [3.8, 4) is 5.75 Å². The topological polar surface area (TPSA) is 87.2 Å². The minimum Gasteiger partial charge on any atom is -0.483 e. The summed E-state index contributed by atoms with van der Waals surface area (Å²) < 4.78 is 41.4. The monoisotopic (exact) mass is 376 g/mol. The molecule has 1 heterocycles. The number of hydrogen-bond donors (Lipinski definition) is 1. The Balaban J connectivity index is 0.00000105. The number of carbonyl (C=O) groups excluding carboxylic acids is 2. The van der Waals surface area contributed by atoms with E-state index in [2.05, 4.69) is 4.74 Å². The van der Waals surface area contributed by atoms with Crippen molar-refractivity contribution in [3.63, 3.8) is 0 Å². The number of benzene rings is 1. The number of para-hydroxylation sites is 1. The molecule has 10 heteroatoms. The molecule has 0 aliphatic carbocycles. The zero-order valence-electron chi connectivity index (χ0n) is 14.4. The van der Waals surface area contributed by atoms with Gasteiger partial charge in [0.25, 0.3) is 6.47 Å². The Morgan fingerprint density at radius 2 is 1.69 bits per heavy atom. The van der Waals surface area contributed by atoms with Crippen molar-refractivity contribution < 1.29 is 37.4 Å². The average molecular weight is 376 g/mol. The number of likely N-dealkylation sites (N-methyl/N-ethyl adjacent to an activating group) is 1. The molecule has 1 aliphatic rings. The lowest BCUT2D eigenvalue weighted by Gasteiger charge is -2.41. The molecule has 2 rings (SSSR count). The number of ether oxygens (including phenoxy) is 1. The Labute approximate surface area is 147 Å². The fourth-order valence-corrected chi connectivity index (χ4v) is 2.47. The van der Waals surface area contributed by atoms with Crippen LogP contribution in [0.1, 0.15) is 19.4 Å². The van der Waals surface area contributed by atoms with Gasteiger partial charge in [-0.3, -0.25) is 14.4 Å². The molecule has 0 saturated carbocycles. The van der Waals surface area contributed by atoms with Gasteiger partial charge in [0.1, 0.15) is 17.8 Å². The summed E-state index contributed by atoms with van der Waals surface area (Å²) in [5, 5.41) is 6.89. The molecular formula is C16H19F3N2O5. The molecule has 0 bridgehead atoms. The maximum atomic E-state index is 12.5. The fraction of sp³-hybridized carbons (Fsp3) is 0.438. The number of carbonyl (C=O) groups is 3.